The van der Waals surface area contributed by atoms with Gasteiger partial charge in [0.1, 0.15) is 0 Å². The summed E-state index contributed by atoms with van der Waals surface area (Å²) < 4.78 is 0. The minimum absolute atomic E-state index is 0.963. The Morgan fingerprint density at radius 1 is 1.08 bits per heavy atom. The van der Waals surface area contributed by atoms with Gasteiger partial charge in [0.05, 0.1) is 0 Å². The number of hydrogen-bond donors (Lipinski definition) is 0. The predicted octanol–water partition coefficient (Wildman–Crippen LogP) is 3.92. The first kappa shape index (κ1) is 8.34. The van der Waals surface area contributed by atoms with Gasteiger partial charge in [0.2, 0.25) is 0 Å². The molecule has 1 atom stereocenters. The Morgan fingerprint density at radius 3 is 2.42 bits per heavy atom. The van der Waals surface area contributed by atoms with E-state index in [0.717, 1.165) is 11.8 Å². The Hall–Kier alpha value is -0.260. The van der Waals surface area contributed by atoms with Gasteiger partial charge in [-0.05, 0) is 44.4 Å². The second-order valence-corrected chi connectivity index (χ2v) is 4.61. The molecule has 0 aromatic rings. The van der Waals surface area contributed by atoms with Crippen LogP contribution in [-0.4, -0.2) is 0 Å². The molecule has 0 heteroatoms. The first-order chi connectivity index (χ1) is 5.86. The van der Waals surface area contributed by atoms with Crippen molar-refractivity contribution in [3.05, 3.63) is 11.6 Å². The summed E-state index contributed by atoms with van der Waals surface area (Å²) in [6, 6.07) is 0. The molecule has 0 N–H and O–H groups in total. The summed E-state index contributed by atoms with van der Waals surface area (Å²) in [6.07, 6.45) is 12.9. The third-order valence-corrected chi connectivity index (χ3v) is 3.63. The Morgan fingerprint density at radius 2 is 1.83 bits per heavy atom. The molecule has 68 valence electrons. The van der Waals surface area contributed by atoms with E-state index >= 15 is 0 Å². The normalized spacial score (nSPS) is 32.1. The minimum atomic E-state index is 0.963. The fourth-order valence-corrected chi connectivity index (χ4v) is 2.86. The molecule has 0 aliphatic heterocycles. The van der Waals surface area contributed by atoms with Gasteiger partial charge in [0.15, 0.2) is 0 Å². The minimum Gasteiger partial charge on any atom is -0.0822 e. The van der Waals surface area contributed by atoms with E-state index in [2.05, 4.69) is 13.0 Å². The molecule has 2 aliphatic carbocycles. The molecular formula is C12H20. The molecule has 0 saturated heterocycles. The first-order valence-corrected chi connectivity index (χ1v) is 5.53. The summed E-state index contributed by atoms with van der Waals surface area (Å²) in [5, 5.41) is 0. The van der Waals surface area contributed by atoms with Crippen LogP contribution in [0.15, 0.2) is 11.6 Å². The molecule has 0 nitrogen and oxygen atoms in total. The van der Waals surface area contributed by atoms with Crippen LogP contribution in [0.1, 0.15) is 51.9 Å². The van der Waals surface area contributed by atoms with Gasteiger partial charge < -0.3 is 0 Å². The Bertz CT molecular complexity index is 172. The number of hydrogen-bond acceptors (Lipinski definition) is 0. The topological polar surface area (TPSA) is 0 Å². The molecule has 1 saturated carbocycles. The number of rotatable bonds is 1. The van der Waals surface area contributed by atoms with Crippen LogP contribution in [0.3, 0.4) is 0 Å². The molecule has 1 fully saturated rings. The highest BCUT2D eigenvalue weighted by Crippen LogP contribution is 2.37. The maximum absolute atomic E-state index is 2.55. The number of allylic oxidation sites excluding steroid dienone is 2. The van der Waals surface area contributed by atoms with Gasteiger partial charge in [-0.25, -0.2) is 0 Å². The Balaban J connectivity index is 1.91. The van der Waals surface area contributed by atoms with Gasteiger partial charge in [0, 0.05) is 0 Å². The molecule has 1 unspecified atom stereocenters. The lowest BCUT2D eigenvalue weighted by molar-refractivity contribution is 0.283. The fraction of sp³-hybridized carbons (Fsp3) is 0.833. The van der Waals surface area contributed by atoms with Gasteiger partial charge in [-0.3, -0.25) is 0 Å². The van der Waals surface area contributed by atoms with Gasteiger partial charge in [-0.2, -0.15) is 0 Å². The Kier molecular flexibility index (Phi) is 2.53. The highest BCUT2D eigenvalue weighted by molar-refractivity contribution is 5.09. The SMILES string of the molecule is CC1=CC(C2CCCCC2)CC1. The summed E-state index contributed by atoms with van der Waals surface area (Å²) in [5.41, 5.74) is 1.64. The van der Waals surface area contributed by atoms with Crippen LogP contribution in [0.5, 0.6) is 0 Å². The van der Waals surface area contributed by atoms with Gasteiger partial charge >= 0.3 is 0 Å². The molecule has 0 heterocycles. The second-order valence-electron chi connectivity index (χ2n) is 4.61. The lowest BCUT2D eigenvalue weighted by atomic mass is 9.80. The van der Waals surface area contributed by atoms with Gasteiger partial charge in [-0.1, -0.05) is 30.9 Å². The monoisotopic (exact) mass is 164 g/mol. The first-order valence-electron chi connectivity index (χ1n) is 5.53. The van der Waals surface area contributed by atoms with E-state index in [0.29, 0.717) is 0 Å². The van der Waals surface area contributed by atoms with Crippen LogP contribution in [0.4, 0.5) is 0 Å². The van der Waals surface area contributed by atoms with E-state index in [1.165, 1.54) is 44.9 Å². The molecule has 0 aromatic carbocycles. The molecule has 0 amide bonds. The molecule has 2 rings (SSSR count). The predicted molar refractivity (Wildman–Crippen MR) is 53.1 cm³/mol. The average Bonchev–Trinajstić information content (AvgIpc) is 2.54. The van der Waals surface area contributed by atoms with Crippen LogP contribution >= 0.6 is 0 Å². The van der Waals surface area contributed by atoms with E-state index in [-0.39, 0.29) is 0 Å². The van der Waals surface area contributed by atoms with Gasteiger partial charge in [0.25, 0.3) is 0 Å². The summed E-state index contributed by atoms with van der Waals surface area (Å²) in [6.45, 7) is 2.29. The average molecular weight is 164 g/mol. The van der Waals surface area contributed by atoms with E-state index in [1.807, 2.05) is 0 Å². The molecule has 0 aromatic heterocycles. The van der Waals surface area contributed by atoms with Crippen LogP contribution in [0.25, 0.3) is 0 Å². The van der Waals surface area contributed by atoms with E-state index in [4.69, 9.17) is 0 Å². The van der Waals surface area contributed by atoms with Crippen molar-refractivity contribution in [3.8, 4) is 0 Å². The highest BCUT2D eigenvalue weighted by Gasteiger charge is 2.24. The van der Waals surface area contributed by atoms with Crippen molar-refractivity contribution in [1.29, 1.82) is 0 Å². The third-order valence-electron chi connectivity index (χ3n) is 3.63. The van der Waals surface area contributed by atoms with Crippen molar-refractivity contribution < 1.29 is 0 Å². The maximum atomic E-state index is 2.55. The smallest absolute Gasteiger partial charge is 0.0200 e. The largest absolute Gasteiger partial charge is 0.0822 e. The lowest BCUT2D eigenvalue weighted by Gasteiger charge is -2.26. The summed E-state index contributed by atoms with van der Waals surface area (Å²) in [7, 11) is 0. The van der Waals surface area contributed by atoms with Crippen molar-refractivity contribution >= 4 is 0 Å². The maximum Gasteiger partial charge on any atom is -0.0200 e. The molecule has 12 heavy (non-hydrogen) atoms. The van der Waals surface area contributed by atoms with E-state index < -0.39 is 0 Å². The third kappa shape index (κ3) is 1.73. The van der Waals surface area contributed by atoms with E-state index in [1.54, 1.807) is 5.57 Å². The zero-order valence-corrected chi connectivity index (χ0v) is 8.18. The molecule has 0 radical (unpaired) electrons. The standard InChI is InChI=1S/C12H20/c1-10-7-8-12(9-10)11-5-3-2-4-6-11/h9,11-12H,2-8H2,1H3. The zero-order chi connectivity index (χ0) is 8.39. The quantitative estimate of drug-likeness (QED) is 0.515. The molecule has 2 aliphatic rings. The molecular weight excluding hydrogens is 144 g/mol. The lowest BCUT2D eigenvalue weighted by Crippen LogP contribution is -2.14. The summed E-state index contributed by atoms with van der Waals surface area (Å²) in [5.74, 6) is 2.02. The van der Waals surface area contributed by atoms with Crippen LogP contribution in [-0.2, 0) is 0 Å². The highest BCUT2D eigenvalue weighted by atomic mass is 14.3. The molecule has 0 bridgehead atoms. The molecule has 0 spiro atoms. The summed E-state index contributed by atoms with van der Waals surface area (Å²) in [4.78, 5) is 0. The van der Waals surface area contributed by atoms with Crippen molar-refractivity contribution in [2.45, 2.75) is 51.9 Å². The van der Waals surface area contributed by atoms with Crippen LogP contribution in [0.2, 0.25) is 0 Å². The van der Waals surface area contributed by atoms with E-state index in [9.17, 15) is 0 Å². The van der Waals surface area contributed by atoms with Crippen molar-refractivity contribution in [1.82, 2.24) is 0 Å². The van der Waals surface area contributed by atoms with Gasteiger partial charge in [-0.15, -0.1) is 0 Å². The zero-order valence-electron chi connectivity index (χ0n) is 8.18. The Labute approximate surface area is 76.1 Å². The van der Waals surface area contributed by atoms with Crippen molar-refractivity contribution in [2.24, 2.45) is 11.8 Å². The van der Waals surface area contributed by atoms with Crippen molar-refractivity contribution in [2.75, 3.05) is 0 Å². The fourth-order valence-electron chi connectivity index (χ4n) is 2.86. The van der Waals surface area contributed by atoms with Crippen molar-refractivity contribution in [3.63, 3.8) is 0 Å². The van der Waals surface area contributed by atoms with Crippen LogP contribution in [0, 0.1) is 11.8 Å². The second kappa shape index (κ2) is 3.64. The summed E-state index contributed by atoms with van der Waals surface area (Å²) >= 11 is 0. The van der Waals surface area contributed by atoms with Crippen LogP contribution < -0.4 is 0 Å².